The van der Waals surface area contributed by atoms with Gasteiger partial charge in [-0.2, -0.15) is 0 Å². The second-order valence-corrected chi connectivity index (χ2v) is 6.21. The third-order valence-corrected chi connectivity index (χ3v) is 4.37. The van der Waals surface area contributed by atoms with Crippen molar-refractivity contribution in [2.75, 3.05) is 35.7 Å². The molecule has 9 nitrogen and oxygen atoms in total. The molecule has 9 heteroatoms. The van der Waals surface area contributed by atoms with Crippen molar-refractivity contribution in [1.29, 1.82) is 0 Å². The van der Waals surface area contributed by atoms with Crippen molar-refractivity contribution in [2.45, 2.75) is 12.8 Å². The zero-order chi connectivity index (χ0) is 20.1. The third-order valence-electron chi connectivity index (χ3n) is 4.37. The fourth-order valence-corrected chi connectivity index (χ4v) is 3.04. The second kappa shape index (κ2) is 8.38. The number of ether oxygens (including phenoxy) is 1. The fourth-order valence-electron chi connectivity index (χ4n) is 3.04. The molecule has 0 spiro atoms. The number of hydrogen-bond donors (Lipinski definition) is 2. The van der Waals surface area contributed by atoms with Crippen LogP contribution in [-0.2, 0) is 9.59 Å². The van der Waals surface area contributed by atoms with Gasteiger partial charge >= 0.3 is 0 Å². The number of nitrogens with one attached hydrogen (secondary N) is 2. The minimum Gasteiger partial charge on any atom is -0.494 e. The average molecular weight is 384 g/mol. The highest BCUT2D eigenvalue weighted by atomic mass is 16.6. The Kier molecular flexibility index (Phi) is 5.73. The highest BCUT2D eigenvalue weighted by Gasteiger charge is 2.24. The number of carbonyl (C=O) groups excluding carboxylic acids is 2. The lowest BCUT2D eigenvalue weighted by molar-refractivity contribution is -0.383. The molecule has 3 rings (SSSR count). The Bertz CT molecular complexity index is 915. The van der Waals surface area contributed by atoms with E-state index in [1.165, 1.54) is 19.2 Å². The van der Waals surface area contributed by atoms with E-state index in [0.29, 0.717) is 30.1 Å². The summed E-state index contributed by atoms with van der Waals surface area (Å²) in [5.41, 5.74) is 1.34. The highest BCUT2D eigenvalue weighted by molar-refractivity contribution is 5.98. The molecule has 0 unspecified atom stereocenters. The molecule has 0 radical (unpaired) electrons. The minimum absolute atomic E-state index is 0.0451. The van der Waals surface area contributed by atoms with E-state index in [1.807, 2.05) is 0 Å². The summed E-state index contributed by atoms with van der Waals surface area (Å²) in [6.07, 6.45) is 1.32. The Labute approximate surface area is 161 Å². The van der Waals surface area contributed by atoms with Crippen LogP contribution < -0.4 is 20.3 Å². The van der Waals surface area contributed by atoms with Gasteiger partial charge in [-0.1, -0.05) is 12.1 Å². The Morgan fingerprint density at radius 2 is 2.07 bits per heavy atom. The SMILES string of the molecule is COc1cc(NC(=O)CNc2ccccc2[N+](=O)[O-])ccc1N1CCCC1=O. The monoisotopic (exact) mass is 384 g/mol. The van der Waals surface area contributed by atoms with Gasteiger partial charge in [0.1, 0.15) is 11.4 Å². The van der Waals surface area contributed by atoms with Crippen molar-refractivity contribution >= 4 is 34.6 Å². The van der Waals surface area contributed by atoms with Crippen LogP contribution in [0.2, 0.25) is 0 Å². The molecule has 1 saturated heterocycles. The smallest absolute Gasteiger partial charge is 0.292 e. The maximum atomic E-state index is 12.2. The van der Waals surface area contributed by atoms with Gasteiger partial charge in [0, 0.05) is 30.8 Å². The van der Waals surface area contributed by atoms with Crippen molar-refractivity contribution in [2.24, 2.45) is 0 Å². The Morgan fingerprint density at radius 3 is 2.75 bits per heavy atom. The van der Waals surface area contributed by atoms with E-state index >= 15 is 0 Å². The molecule has 2 amide bonds. The Hall–Kier alpha value is -3.62. The van der Waals surface area contributed by atoms with Gasteiger partial charge in [0.2, 0.25) is 11.8 Å². The number of carbonyl (C=O) groups is 2. The van der Waals surface area contributed by atoms with Gasteiger partial charge < -0.3 is 20.3 Å². The Balaban J connectivity index is 1.66. The summed E-state index contributed by atoms with van der Waals surface area (Å²) >= 11 is 0. The zero-order valence-corrected chi connectivity index (χ0v) is 15.3. The van der Waals surface area contributed by atoms with E-state index in [-0.39, 0.29) is 29.7 Å². The number of hydrogen-bond acceptors (Lipinski definition) is 6. The number of amides is 2. The summed E-state index contributed by atoms with van der Waals surface area (Å²) in [6, 6.07) is 11.2. The van der Waals surface area contributed by atoms with Crippen molar-refractivity contribution in [3.63, 3.8) is 0 Å². The topological polar surface area (TPSA) is 114 Å². The van der Waals surface area contributed by atoms with E-state index in [1.54, 1.807) is 35.2 Å². The van der Waals surface area contributed by atoms with Gasteiger partial charge in [0.05, 0.1) is 24.3 Å². The van der Waals surface area contributed by atoms with Crippen LogP contribution in [0.4, 0.5) is 22.7 Å². The number of anilines is 3. The van der Waals surface area contributed by atoms with E-state index in [4.69, 9.17) is 4.74 Å². The molecular weight excluding hydrogens is 364 g/mol. The van der Waals surface area contributed by atoms with Crippen molar-refractivity contribution in [3.8, 4) is 5.75 Å². The molecule has 1 heterocycles. The van der Waals surface area contributed by atoms with Crippen LogP contribution in [0, 0.1) is 10.1 Å². The Morgan fingerprint density at radius 1 is 1.29 bits per heavy atom. The summed E-state index contributed by atoms with van der Waals surface area (Å²) in [5.74, 6) is 0.161. The normalized spacial score (nSPS) is 13.3. The summed E-state index contributed by atoms with van der Waals surface area (Å²) in [4.78, 5) is 36.3. The number of rotatable bonds is 7. The van der Waals surface area contributed by atoms with Crippen LogP contribution in [0.15, 0.2) is 42.5 Å². The molecule has 2 N–H and O–H groups in total. The summed E-state index contributed by atoms with van der Waals surface area (Å²) in [7, 11) is 1.50. The average Bonchev–Trinajstić information content (AvgIpc) is 3.12. The van der Waals surface area contributed by atoms with Gasteiger partial charge in [-0.05, 0) is 24.6 Å². The number of methoxy groups -OCH3 is 1. The maximum absolute atomic E-state index is 12.2. The minimum atomic E-state index is -0.510. The van der Waals surface area contributed by atoms with Crippen LogP contribution >= 0.6 is 0 Å². The molecule has 2 aromatic rings. The molecule has 1 aliphatic heterocycles. The van der Waals surface area contributed by atoms with Gasteiger partial charge in [0.25, 0.3) is 5.69 Å². The molecule has 2 aromatic carbocycles. The highest BCUT2D eigenvalue weighted by Crippen LogP contribution is 2.33. The molecule has 28 heavy (non-hydrogen) atoms. The predicted octanol–water partition coefficient (Wildman–Crippen LogP) is 2.78. The molecule has 0 aliphatic carbocycles. The standard InChI is InChI=1S/C19H20N4O5/c1-28-17-11-13(8-9-16(17)22-10-4-7-19(22)25)21-18(24)12-20-14-5-2-3-6-15(14)23(26)27/h2-3,5-6,8-9,11,20H,4,7,10,12H2,1H3,(H,21,24). The lowest BCUT2D eigenvalue weighted by Gasteiger charge is -2.19. The van der Waals surface area contributed by atoms with E-state index in [2.05, 4.69) is 10.6 Å². The van der Waals surface area contributed by atoms with Crippen molar-refractivity contribution in [1.82, 2.24) is 0 Å². The van der Waals surface area contributed by atoms with Crippen LogP contribution in [0.5, 0.6) is 5.75 Å². The van der Waals surface area contributed by atoms with Crippen LogP contribution in [-0.4, -0.2) is 36.9 Å². The van der Waals surface area contributed by atoms with E-state index in [9.17, 15) is 19.7 Å². The van der Waals surface area contributed by atoms with Crippen molar-refractivity contribution in [3.05, 3.63) is 52.6 Å². The molecule has 0 atom stereocenters. The number of nitro benzene ring substituents is 1. The first-order valence-electron chi connectivity index (χ1n) is 8.75. The maximum Gasteiger partial charge on any atom is 0.292 e. The first-order valence-corrected chi connectivity index (χ1v) is 8.75. The van der Waals surface area contributed by atoms with Gasteiger partial charge in [0.15, 0.2) is 0 Å². The van der Waals surface area contributed by atoms with Crippen molar-refractivity contribution < 1.29 is 19.2 Å². The lowest BCUT2D eigenvalue weighted by Crippen LogP contribution is -2.24. The molecule has 0 bridgehead atoms. The van der Waals surface area contributed by atoms with E-state index in [0.717, 1.165) is 6.42 Å². The van der Waals surface area contributed by atoms with Crippen LogP contribution in [0.3, 0.4) is 0 Å². The molecule has 1 fully saturated rings. The summed E-state index contributed by atoms with van der Waals surface area (Å²) in [6.45, 7) is 0.500. The van der Waals surface area contributed by atoms with E-state index < -0.39 is 4.92 Å². The number of nitrogens with zero attached hydrogens (tertiary/aromatic N) is 2. The van der Waals surface area contributed by atoms with Gasteiger partial charge in [-0.3, -0.25) is 19.7 Å². The largest absolute Gasteiger partial charge is 0.494 e. The second-order valence-electron chi connectivity index (χ2n) is 6.21. The van der Waals surface area contributed by atoms with Gasteiger partial charge in [-0.25, -0.2) is 0 Å². The first kappa shape index (κ1) is 19.2. The van der Waals surface area contributed by atoms with Gasteiger partial charge in [-0.15, -0.1) is 0 Å². The lowest BCUT2D eigenvalue weighted by atomic mass is 10.2. The van der Waals surface area contributed by atoms with Crippen LogP contribution in [0.25, 0.3) is 0 Å². The zero-order valence-electron chi connectivity index (χ0n) is 15.3. The number of nitro groups is 1. The van der Waals surface area contributed by atoms with Crippen LogP contribution in [0.1, 0.15) is 12.8 Å². The molecule has 0 saturated carbocycles. The summed E-state index contributed by atoms with van der Waals surface area (Å²) < 4.78 is 5.36. The number of para-hydroxylation sites is 2. The third kappa shape index (κ3) is 4.20. The molecular formula is C19H20N4O5. The molecule has 146 valence electrons. The quantitative estimate of drug-likeness (QED) is 0.560. The number of benzene rings is 2. The summed E-state index contributed by atoms with van der Waals surface area (Å²) in [5, 5.41) is 16.5. The first-order chi connectivity index (χ1) is 13.5. The predicted molar refractivity (Wildman–Crippen MR) is 105 cm³/mol. The fraction of sp³-hybridized carbons (Fsp3) is 0.263. The molecule has 0 aromatic heterocycles. The molecule has 1 aliphatic rings.